The fraction of sp³-hybridized carbons (Fsp3) is 0.667. The van der Waals surface area contributed by atoms with Crippen molar-refractivity contribution in [1.82, 2.24) is 0 Å². The van der Waals surface area contributed by atoms with Gasteiger partial charge in [-0.2, -0.15) is 0 Å². The van der Waals surface area contributed by atoms with Gasteiger partial charge in [0.25, 0.3) is 0 Å². The summed E-state index contributed by atoms with van der Waals surface area (Å²) in [5.41, 5.74) is 1.49. The first-order valence-corrected chi connectivity index (χ1v) is 4.95. The minimum Gasteiger partial charge on any atom is -0.0877 e. The Morgan fingerprint density at radius 1 is 1.33 bits per heavy atom. The van der Waals surface area contributed by atoms with Crippen LogP contribution in [0, 0.1) is 5.92 Å². The average molecular weight is 166 g/mol. The van der Waals surface area contributed by atoms with Crippen LogP contribution < -0.4 is 0 Å². The van der Waals surface area contributed by atoms with Crippen molar-refractivity contribution in [2.24, 2.45) is 5.92 Å². The molecule has 0 heteroatoms. The van der Waals surface area contributed by atoms with Crippen LogP contribution in [0.1, 0.15) is 47.0 Å². The molecule has 0 saturated heterocycles. The number of allylic oxidation sites excluding steroid dienone is 4. The maximum atomic E-state index is 2.28. The lowest BCUT2D eigenvalue weighted by atomic mass is 10.0. The minimum absolute atomic E-state index is 0.847. The molecule has 0 unspecified atom stereocenters. The van der Waals surface area contributed by atoms with E-state index in [1.807, 2.05) is 0 Å². The summed E-state index contributed by atoms with van der Waals surface area (Å²) in [6.07, 6.45) is 10.3. The van der Waals surface area contributed by atoms with Crippen LogP contribution in [0.4, 0.5) is 0 Å². The first-order valence-electron chi connectivity index (χ1n) is 4.95. The van der Waals surface area contributed by atoms with E-state index in [4.69, 9.17) is 0 Å². The molecule has 0 nitrogen and oxygen atoms in total. The Kier molecular flexibility index (Phi) is 6.84. The molecule has 0 N–H and O–H groups in total. The van der Waals surface area contributed by atoms with Gasteiger partial charge in [0.2, 0.25) is 0 Å². The van der Waals surface area contributed by atoms with Gasteiger partial charge in [0.15, 0.2) is 0 Å². The van der Waals surface area contributed by atoms with Crippen LogP contribution in [0.2, 0.25) is 0 Å². The Morgan fingerprint density at radius 2 is 2.00 bits per heavy atom. The second-order valence-electron chi connectivity index (χ2n) is 3.82. The molecule has 0 aromatic rings. The normalized spacial score (nSPS) is 13.2. The van der Waals surface area contributed by atoms with Crippen LogP contribution >= 0.6 is 0 Å². The molecular formula is C12H22. The SMILES string of the molecule is C/C=C\C=C(/C)CCCC(C)C. The summed E-state index contributed by atoms with van der Waals surface area (Å²) in [6, 6.07) is 0. The van der Waals surface area contributed by atoms with Crippen molar-refractivity contribution >= 4 is 0 Å². The van der Waals surface area contributed by atoms with Crippen molar-refractivity contribution in [3.8, 4) is 0 Å². The molecule has 0 heterocycles. The third kappa shape index (κ3) is 7.59. The van der Waals surface area contributed by atoms with E-state index in [9.17, 15) is 0 Å². The number of rotatable bonds is 5. The van der Waals surface area contributed by atoms with Crippen LogP contribution in [0.15, 0.2) is 23.8 Å². The van der Waals surface area contributed by atoms with E-state index < -0.39 is 0 Å². The van der Waals surface area contributed by atoms with Gasteiger partial charge < -0.3 is 0 Å². The summed E-state index contributed by atoms with van der Waals surface area (Å²) in [4.78, 5) is 0. The minimum atomic E-state index is 0.847. The smallest absolute Gasteiger partial charge is 0.0320 e. The average Bonchev–Trinajstić information content (AvgIpc) is 2.00. The Morgan fingerprint density at radius 3 is 2.50 bits per heavy atom. The van der Waals surface area contributed by atoms with Crippen molar-refractivity contribution in [3.63, 3.8) is 0 Å². The van der Waals surface area contributed by atoms with Gasteiger partial charge in [-0.1, -0.05) is 44.1 Å². The Labute approximate surface area is 77.4 Å². The molecular weight excluding hydrogens is 144 g/mol. The van der Waals surface area contributed by atoms with Crippen molar-refractivity contribution in [2.45, 2.75) is 47.0 Å². The van der Waals surface area contributed by atoms with Crippen LogP contribution in [-0.4, -0.2) is 0 Å². The number of hydrogen-bond acceptors (Lipinski definition) is 0. The molecule has 70 valence electrons. The van der Waals surface area contributed by atoms with Crippen LogP contribution in [0.5, 0.6) is 0 Å². The molecule has 0 rings (SSSR count). The second kappa shape index (κ2) is 7.15. The molecule has 0 aliphatic carbocycles. The molecule has 0 saturated carbocycles. The summed E-state index contributed by atoms with van der Waals surface area (Å²) in [5, 5.41) is 0. The van der Waals surface area contributed by atoms with Gasteiger partial charge in [0, 0.05) is 0 Å². The van der Waals surface area contributed by atoms with Gasteiger partial charge in [0.05, 0.1) is 0 Å². The first kappa shape index (κ1) is 11.5. The zero-order valence-electron chi connectivity index (χ0n) is 8.93. The Bertz CT molecular complexity index is 149. The van der Waals surface area contributed by atoms with Crippen molar-refractivity contribution < 1.29 is 0 Å². The summed E-state index contributed by atoms with van der Waals surface area (Å²) in [5.74, 6) is 0.847. The lowest BCUT2D eigenvalue weighted by Gasteiger charge is -2.03. The maximum Gasteiger partial charge on any atom is -0.0320 e. The van der Waals surface area contributed by atoms with E-state index in [1.54, 1.807) is 0 Å². The number of hydrogen-bond donors (Lipinski definition) is 0. The highest BCUT2D eigenvalue weighted by atomic mass is 14.0. The molecule has 12 heavy (non-hydrogen) atoms. The van der Waals surface area contributed by atoms with Gasteiger partial charge in [-0.25, -0.2) is 0 Å². The highest BCUT2D eigenvalue weighted by molar-refractivity contribution is 5.09. The molecule has 0 atom stereocenters. The molecule has 0 aliphatic heterocycles. The molecule has 0 aromatic heterocycles. The fourth-order valence-corrected chi connectivity index (χ4v) is 1.13. The van der Waals surface area contributed by atoms with Gasteiger partial charge in [-0.05, 0) is 32.6 Å². The van der Waals surface area contributed by atoms with Crippen LogP contribution in [0.3, 0.4) is 0 Å². The molecule has 0 fully saturated rings. The van der Waals surface area contributed by atoms with E-state index in [0.29, 0.717) is 0 Å². The van der Waals surface area contributed by atoms with E-state index in [1.165, 1.54) is 24.8 Å². The topological polar surface area (TPSA) is 0 Å². The third-order valence-corrected chi connectivity index (χ3v) is 1.93. The van der Waals surface area contributed by atoms with Crippen LogP contribution in [0.25, 0.3) is 0 Å². The first-order chi connectivity index (χ1) is 5.66. The highest BCUT2D eigenvalue weighted by Crippen LogP contribution is 2.11. The zero-order chi connectivity index (χ0) is 9.40. The predicted octanol–water partition coefficient (Wildman–Crippen LogP) is 4.34. The summed E-state index contributed by atoms with van der Waals surface area (Å²) in [6.45, 7) is 8.83. The Balaban J connectivity index is 3.49. The highest BCUT2D eigenvalue weighted by Gasteiger charge is 1.93. The van der Waals surface area contributed by atoms with Gasteiger partial charge in [-0.15, -0.1) is 0 Å². The quantitative estimate of drug-likeness (QED) is 0.533. The van der Waals surface area contributed by atoms with E-state index in [0.717, 1.165) is 5.92 Å². The summed E-state index contributed by atoms with van der Waals surface area (Å²) in [7, 11) is 0. The lowest BCUT2D eigenvalue weighted by Crippen LogP contribution is -1.87. The molecule has 0 aliphatic rings. The van der Waals surface area contributed by atoms with E-state index in [-0.39, 0.29) is 0 Å². The monoisotopic (exact) mass is 166 g/mol. The Hall–Kier alpha value is -0.520. The largest absolute Gasteiger partial charge is 0.0877 e. The maximum absolute atomic E-state index is 2.28. The molecule has 0 bridgehead atoms. The van der Waals surface area contributed by atoms with Gasteiger partial charge in [-0.3, -0.25) is 0 Å². The van der Waals surface area contributed by atoms with Crippen LogP contribution in [-0.2, 0) is 0 Å². The molecule has 0 amide bonds. The van der Waals surface area contributed by atoms with Crippen molar-refractivity contribution in [2.75, 3.05) is 0 Å². The zero-order valence-corrected chi connectivity index (χ0v) is 8.93. The van der Waals surface area contributed by atoms with Crippen molar-refractivity contribution in [1.29, 1.82) is 0 Å². The predicted molar refractivity (Wildman–Crippen MR) is 57.3 cm³/mol. The molecule has 0 radical (unpaired) electrons. The lowest BCUT2D eigenvalue weighted by molar-refractivity contribution is 0.555. The van der Waals surface area contributed by atoms with E-state index >= 15 is 0 Å². The second-order valence-corrected chi connectivity index (χ2v) is 3.82. The van der Waals surface area contributed by atoms with Crippen molar-refractivity contribution in [3.05, 3.63) is 23.8 Å². The van der Waals surface area contributed by atoms with E-state index in [2.05, 4.69) is 45.9 Å². The molecule has 0 spiro atoms. The summed E-state index contributed by atoms with van der Waals surface area (Å²) < 4.78 is 0. The van der Waals surface area contributed by atoms with Gasteiger partial charge in [0.1, 0.15) is 0 Å². The third-order valence-electron chi connectivity index (χ3n) is 1.93. The fourth-order valence-electron chi connectivity index (χ4n) is 1.13. The summed E-state index contributed by atoms with van der Waals surface area (Å²) >= 11 is 0. The standard InChI is InChI=1S/C12H22/c1-5-6-9-12(4)10-7-8-11(2)3/h5-6,9,11H,7-8,10H2,1-4H3/b6-5-,12-9+. The molecule has 0 aromatic carbocycles. The van der Waals surface area contributed by atoms with Gasteiger partial charge >= 0.3 is 0 Å².